The summed E-state index contributed by atoms with van der Waals surface area (Å²) in [6.07, 6.45) is 1.46. The number of hydrogen-bond donors (Lipinski definition) is 0. The molecule has 0 atom stereocenters. The predicted octanol–water partition coefficient (Wildman–Crippen LogP) is 5.13. The Hall–Kier alpha value is -2.45. The molecule has 0 aromatic heterocycles. The van der Waals surface area contributed by atoms with E-state index in [0.29, 0.717) is 28.1 Å². The van der Waals surface area contributed by atoms with Crippen LogP contribution in [0.2, 0.25) is 5.02 Å². The summed E-state index contributed by atoms with van der Waals surface area (Å²) in [4.78, 5) is 16.2. The Bertz CT molecular complexity index is 1020. The molecule has 0 N–H and O–H groups in total. The van der Waals surface area contributed by atoms with Gasteiger partial charge in [-0.05, 0) is 58.8 Å². The molecular formula is C19H13BrClF2NO4. The van der Waals surface area contributed by atoms with E-state index in [2.05, 4.69) is 20.9 Å². The lowest BCUT2D eigenvalue weighted by Crippen LogP contribution is -2.07. The summed E-state index contributed by atoms with van der Waals surface area (Å²) in [6, 6.07) is 4.99. The van der Waals surface area contributed by atoms with Gasteiger partial charge in [0.15, 0.2) is 28.8 Å². The number of cyclic esters (lactones) is 1. The number of rotatable bonds is 5. The van der Waals surface area contributed by atoms with E-state index >= 15 is 0 Å². The molecule has 0 unspecified atom stereocenters. The zero-order valence-corrected chi connectivity index (χ0v) is 17.0. The first-order valence-corrected chi connectivity index (χ1v) is 9.19. The van der Waals surface area contributed by atoms with Crippen molar-refractivity contribution in [2.24, 2.45) is 4.99 Å². The van der Waals surface area contributed by atoms with Crippen molar-refractivity contribution in [2.45, 2.75) is 6.92 Å². The summed E-state index contributed by atoms with van der Waals surface area (Å²) < 4.78 is 43.3. The Balaban J connectivity index is 2.00. The fourth-order valence-electron chi connectivity index (χ4n) is 2.48. The van der Waals surface area contributed by atoms with E-state index in [1.165, 1.54) is 13.2 Å². The molecule has 5 nitrogen and oxygen atoms in total. The second-order valence-electron chi connectivity index (χ2n) is 5.55. The molecule has 0 saturated carbocycles. The highest BCUT2D eigenvalue weighted by Gasteiger charge is 2.27. The zero-order chi connectivity index (χ0) is 20.4. The van der Waals surface area contributed by atoms with Crippen molar-refractivity contribution >= 4 is 45.5 Å². The maximum atomic E-state index is 13.5. The maximum absolute atomic E-state index is 13.5. The van der Waals surface area contributed by atoms with Gasteiger partial charge in [0.05, 0.1) is 28.8 Å². The van der Waals surface area contributed by atoms with Crippen LogP contribution < -0.4 is 9.47 Å². The molecule has 2 aromatic rings. The van der Waals surface area contributed by atoms with Gasteiger partial charge in [0, 0.05) is 0 Å². The molecule has 0 fully saturated rings. The minimum Gasteiger partial charge on any atom is -0.493 e. The van der Waals surface area contributed by atoms with Crippen molar-refractivity contribution in [3.05, 3.63) is 62.2 Å². The van der Waals surface area contributed by atoms with Crippen LogP contribution in [0.1, 0.15) is 18.1 Å². The molecule has 3 rings (SSSR count). The van der Waals surface area contributed by atoms with Crippen LogP contribution in [0, 0.1) is 11.6 Å². The number of nitrogens with zero attached hydrogens (tertiary/aromatic N) is 1. The van der Waals surface area contributed by atoms with Gasteiger partial charge in [0.25, 0.3) is 0 Å². The van der Waals surface area contributed by atoms with Gasteiger partial charge in [0.1, 0.15) is 0 Å². The molecule has 0 bridgehead atoms. The third kappa shape index (κ3) is 4.02. The highest BCUT2D eigenvalue weighted by atomic mass is 79.9. The summed E-state index contributed by atoms with van der Waals surface area (Å²) in [5, 5.41) is -0.128. The average Bonchev–Trinajstić information content (AvgIpc) is 3.00. The van der Waals surface area contributed by atoms with E-state index in [1.807, 2.05) is 6.92 Å². The number of aliphatic imine (C=N–C) groups is 1. The molecule has 2 aromatic carbocycles. The highest BCUT2D eigenvalue weighted by molar-refractivity contribution is 9.10. The van der Waals surface area contributed by atoms with Crippen LogP contribution in [0.25, 0.3) is 6.08 Å². The Morgan fingerprint density at radius 3 is 2.64 bits per heavy atom. The van der Waals surface area contributed by atoms with E-state index in [-0.39, 0.29) is 22.2 Å². The van der Waals surface area contributed by atoms with E-state index in [9.17, 15) is 13.6 Å². The van der Waals surface area contributed by atoms with Crippen molar-refractivity contribution < 1.29 is 27.8 Å². The van der Waals surface area contributed by atoms with Gasteiger partial charge in [-0.2, -0.15) is 0 Å². The first kappa shape index (κ1) is 20.3. The van der Waals surface area contributed by atoms with Crippen molar-refractivity contribution in [1.82, 2.24) is 0 Å². The molecule has 146 valence electrons. The molecule has 1 aliphatic heterocycles. The Morgan fingerprint density at radius 1 is 1.25 bits per heavy atom. The van der Waals surface area contributed by atoms with Crippen molar-refractivity contribution in [2.75, 3.05) is 13.7 Å². The molecule has 0 radical (unpaired) electrons. The van der Waals surface area contributed by atoms with Gasteiger partial charge in [-0.3, -0.25) is 0 Å². The number of methoxy groups -OCH3 is 1. The minimum absolute atomic E-state index is 0.0252. The third-order valence-electron chi connectivity index (χ3n) is 3.70. The van der Waals surface area contributed by atoms with E-state index < -0.39 is 17.6 Å². The van der Waals surface area contributed by atoms with Crippen LogP contribution in [0.4, 0.5) is 8.78 Å². The second-order valence-corrected chi connectivity index (χ2v) is 6.81. The predicted molar refractivity (Wildman–Crippen MR) is 104 cm³/mol. The van der Waals surface area contributed by atoms with Gasteiger partial charge >= 0.3 is 5.97 Å². The molecule has 0 amide bonds. The van der Waals surface area contributed by atoms with Gasteiger partial charge < -0.3 is 14.2 Å². The first-order chi connectivity index (χ1) is 13.3. The van der Waals surface area contributed by atoms with Crippen LogP contribution in [0.5, 0.6) is 11.5 Å². The fourth-order valence-corrected chi connectivity index (χ4v) is 3.28. The van der Waals surface area contributed by atoms with Gasteiger partial charge in [-0.25, -0.2) is 18.6 Å². The van der Waals surface area contributed by atoms with Crippen LogP contribution in [0.3, 0.4) is 0 Å². The van der Waals surface area contributed by atoms with Gasteiger partial charge in [0.2, 0.25) is 5.90 Å². The minimum atomic E-state index is -1.13. The molecule has 1 heterocycles. The van der Waals surface area contributed by atoms with E-state index in [4.69, 9.17) is 25.8 Å². The number of carbonyl (C=O) groups is 1. The number of esters is 1. The van der Waals surface area contributed by atoms with E-state index in [0.717, 1.165) is 12.1 Å². The summed E-state index contributed by atoms with van der Waals surface area (Å²) in [7, 11) is 1.49. The smallest absolute Gasteiger partial charge is 0.363 e. The van der Waals surface area contributed by atoms with Crippen LogP contribution >= 0.6 is 27.5 Å². The van der Waals surface area contributed by atoms with E-state index in [1.54, 1.807) is 12.1 Å². The largest absolute Gasteiger partial charge is 0.493 e. The number of benzene rings is 2. The van der Waals surface area contributed by atoms with Crippen LogP contribution in [-0.4, -0.2) is 25.6 Å². The van der Waals surface area contributed by atoms with Crippen molar-refractivity contribution in [1.29, 1.82) is 0 Å². The van der Waals surface area contributed by atoms with Gasteiger partial charge in [-0.15, -0.1) is 0 Å². The summed E-state index contributed by atoms with van der Waals surface area (Å²) in [5.41, 5.74) is 0.525. The third-order valence-corrected chi connectivity index (χ3v) is 4.61. The standard InChI is InChI=1S/C19H13BrClF2NO4/c1-3-27-17-11(20)4-9(6-16(17)26-2)5-15-19(25)28-18(24-15)10-7-13(22)14(23)8-12(10)21/h4-8H,3H2,1-2H3/b15-5+. The summed E-state index contributed by atoms with van der Waals surface area (Å²) >= 11 is 9.31. The number of ether oxygens (including phenoxy) is 3. The Kier molecular flexibility index (Phi) is 6.00. The SMILES string of the molecule is CCOc1c(Br)cc(/C=C2/N=C(c3cc(F)c(F)cc3Cl)OC2=O)cc1OC. The lowest BCUT2D eigenvalue weighted by atomic mass is 10.1. The molecule has 9 heteroatoms. The fraction of sp³-hybridized carbons (Fsp3) is 0.158. The monoisotopic (exact) mass is 471 g/mol. The lowest BCUT2D eigenvalue weighted by Gasteiger charge is -2.12. The molecule has 0 spiro atoms. The molecule has 1 aliphatic rings. The molecule has 0 aliphatic carbocycles. The summed E-state index contributed by atoms with van der Waals surface area (Å²) in [6.45, 7) is 2.29. The number of halogens is 4. The van der Waals surface area contributed by atoms with Crippen molar-refractivity contribution in [3.63, 3.8) is 0 Å². The quantitative estimate of drug-likeness (QED) is 0.344. The Morgan fingerprint density at radius 2 is 1.96 bits per heavy atom. The first-order valence-electron chi connectivity index (χ1n) is 8.01. The second kappa shape index (κ2) is 8.28. The molecule has 28 heavy (non-hydrogen) atoms. The normalized spacial score (nSPS) is 14.9. The Labute approximate surface area is 172 Å². The number of carbonyl (C=O) groups excluding carboxylic acids is 1. The topological polar surface area (TPSA) is 57.1 Å². The van der Waals surface area contributed by atoms with Gasteiger partial charge in [-0.1, -0.05) is 11.6 Å². The molecule has 0 saturated heterocycles. The molecular weight excluding hydrogens is 460 g/mol. The van der Waals surface area contributed by atoms with Crippen molar-refractivity contribution in [3.8, 4) is 11.5 Å². The highest BCUT2D eigenvalue weighted by Crippen LogP contribution is 2.37. The maximum Gasteiger partial charge on any atom is 0.363 e. The zero-order valence-electron chi connectivity index (χ0n) is 14.7. The lowest BCUT2D eigenvalue weighted by molar-refractivity contribution is -0.129. The van der Waals surface area contributed by atoms with Crippen LogP contribution in [0.15, 0.2) is 39.4 Å². The summed E-state index contributed by atoms with van der Waals surface area (Å²) in [5.74, 6) is -2.21. The average molecular weight is 473 g/mol. The number of hydrogen-bond acceptors (Lipinski definition) is 5. The van der Waals surface area contributed by atoms with Crippen LogP contribution in [-0.2, 0) is 9.53 Å².